The normalized spacial score (nSPS) is 10.7. The summed E-state index contributed by atoms with van der Waals surface area (Å²) in [5, 5.41) is 0. The van der Waals surface area contributed by atoms with Gasteiger partial charge >= 0.3 is 0 Å². The second-order valence-electron chi connectivity index (χ2n) is 3.20. The second kappa shape index (κ2) is 6.62. The summed E-state index contributed by atoms with van der Waals surface area (Å²) in [6.07, 6.45) is 5.23. The van der Waals surface area contributed by atoms with Gasteiger partial charge in [0.1, 0.15) is 0 Å². The van der Waals surface area contributed by atoms with Crippen molar-refractivity contribution in [1.82, 2.24) is 4.57 Å². The van der Waals surface area contributed by atoms with Crippen molar-refractivity contribution in [2.24, 2.45) is 0 Å². The lowest BCUT2D eigenvalue weighted by molar-refractivity contribution is 0.151. The Balaban J connectivity index is 2.27. The first-order chi connectivity index (χ1) is 6.86. The third-order valence-corrected chi connectivity index (χ3v) is 2.10. The Bertz CT molecular complexity index is 245. The lowest BCUT2D eigenvalue weighted by Gasteiger charge is -2.01. The molecule has 80 valence electrons. The van der Waals surface area contributed by atoms with Gasteiger partial charge in [0.2, 0.25) is 0 Å². The van der Waals surface area contributed by atoms with E-state index in [-0.39, 0.29) is 0 Å². The van der Waals surface area contributed by atoms with E-state index < -0.39 is 0 Å². The molecule has 1 aromatic rings. The lowest BCUT2D eigenvalue weighted by Crippen LogP contribution is -2.01. The minimum absolute atomic E-state index is 0.763. The molecule has 0 saturated carbocycles. The Labute approximate surface area is 85.6 Å². The van der Waals surface area contributed by atoms with Gasteiger partial charge in [0.25, 0.3) is 0 Å². The molecule has 1 heterocycles. The topological polar surface area (TPSA) is 23.4 Å². The predicted molar refractivity (Wildman–Crippen MR) is 56.5 cm³/mol. The van der Waals surface area contributed by atoms with Crippen LogP contribution in [0.25, 0.3) is 0 Å². The average molecular weight is 197 g/mol. The molecule has 0 aliphatic heterocycles. The third-order valence-electron chi connectivity index (χ3n) is 2.10. The number of aromatic nitrogens is 1. The van der Waals surface area contributed by atoms with Crippen LogP contribution < -0.4 is 0 Å². The smallest absolute Gasteiger partial charge is 0.0641 e. The Morgan fingerprint density at radius 1 is 1.36 bits per heavy atom. The van der Waals surface area contributed by atoms with Crippen molar-refractivity contribution in [1.29, 1.82) is 0 Å². The van der Waals surface area contributed by atoms with Crippen molar-refractivity contribution in [2.75, 3.05) is 26.9 Å². The van der Waals surface area contributed by atoms with Crippen LogP contribution in [0.4, 0.5) is 0 Å². The highest BCUT2D eigenvalue weighted by Gasteiger charge is 1.96. The lowest BCUT2D eigenvalue weighted by atomic mass is 10.2. The molecule has 0 bridgehead atoms. The molecule has 1 aromatic heterocycles. The van der Waals surface area contributed by atoms with Crippen LogP contribution in [0.1, 0.15) is 12.5 Å². The van der Waals surface area contributed by atoms with Gasteiger partial charge in [-0.2, -0.15) is 0 Å². The van der Waals surface area contributed by atoms with Gasteiger partial charge in [0.15, 0.2) is 0 Å². The van der Waals surface area contributed by atoms with Crippen molar-refractivity contribution >= 4 is 0 Å². The molecule has 0 radical (unpaired) electrons. The largest absolute Gasteiger partial charge is 0.383 e. The van der Waals surface area contributed by atoms with E-state index in [1.807, 2.05) is 6.92 Å². The van der Waals surface area contributed by atoms with Crippen LogP contribution in [0.2, 0.25) is 0 Å². The first kappa shape index (κ1) is 11.3. The van der Waals surface area contributed by atoms with Gasteiger partial charge in [-0.1, -0.05) is 0 Å². The van der Waals surface area contributed by atoms with Gasteiger partial charge in [-0.3, -0.25) is 0 Å². The Hall–Kier alpha value is -0.800. The van der Waals surface area contributed by atoms with Crippen LogP contribution in [-0.2, 0) is 22.4 Å². The van der Waals surface area contributed by atoms with E-state index in [0.29, 0.717) is 0 Å². The van der Waals surface area contributed by atoms with Crippen molar-refractivity contribution in [3.63, 3.8) is 0 Å². The van der Waals surface area contributed by atoms with Crippen molar-refractivity contribution in [3.05, 3.63) is 24.0 Å². The van der Waals surface area contributed by atoms with Gasteiger partial charge in [0, 0.05) is 32.7 Å². The van der Waals surface area contributed by atoms with Crippen LogP contribution in [0.5, 0.6) is 0 Å². The summed E-state index contributed by atoms with van der Waals surface area (Å²) in [5.41, 5.74) is 1.33. The fourth-order valence-corrected chi connectivity index (χ4v) is 1.31. The monoisotopic (exact) mass is 197 g/mol. The maximum atomic E-state index is 5.29. The van der Waals surface area contributed by atoms with Gasteiger partial charge in [-0.05, 0) is 25.0 Å². The summed E-state index contributed by atoms with van der Waals surface area (Å²) in [5.74, 6) is 0. The van der Waals surface area contributed by atoms with Crippen LogP contribution in [0.15, 0.2) is 18.5 Å². The first-order valence-corrected chi connectivity index (χ1v) is 5.08. The zero-order valence-corrected chi connectivity index (χ0v) is 9.03. The molecule has 0 amide bonds. The summed E-state index contributed by atoms with van der Waals surface area (Å²) >= 11 is 0. The number of hydrogen-bond acceptors (Lipinski definition) is 2. The summed E-state index contributed by atoms with van der Waals surface area (Å²) < 4.78 is 12.4. The zero-order chi connectivity index (χ0) is 10.2. The van der Waals surface area contributed by atoms with Gasteiger partial charge < -0.3 is 14.0 Å². The fourth-order valence-electron chi connectivity index (χ4n) is 1.31. The van der Waals surface area contributed by atoms with Crippen LogP contribution in [-0.4, -0.2) is 31.5 Å². The summed E-state index contributed by atoms with van der Waals surface area (Å²) in [7, 11) is 1.72. The fraction of sp³-hybridized carbons (Fsp3) is 0.636. The van der Waals surface area contributed by atoms with E-state index in [0.717, 1.165) is 32.8 Å². The molecule has 0 unspecified atom stereocenters. The minimum Gasteiger partial charge on any atom is -0.383 e. The Kier molecular flexibility index (Phi) is 5.33. The van der Waals surface area contributed by atoms with Gasteiger partial charge in [0.05, 0.1) is 13.2 Å². The molecule has 0 aromatic carbocycles. The molecule has 0 atom stereocenters. The molecule has 14 heavy (non-hydrogen) atoms. The van der Waals surface area contributed by atoms with Crippen molar-refractivity contribution in [2.45, 2.75) is 19.9 Å². The Morgan fingerprint density at radius 3 is 2.93 bits per heavy atom. The number of ether oxygens (including phenoxy) is 2. The highest BCUT2D eigenvalue weighted by molar-refractivity contribution is 5.10. The molecule has 0 spiro atoms. The number of methoxy groups -OCH3 is 1. The molecule has 3 heteroatoms. The molecule has 0 N–H and O–H groups in total. The standard InChI is InChI=1S/C11H19NO2/c1-3-14-8-5-11-4-6-12(10-11)7-9-13-2/h4,6,10H,3,5,7-9H2,1-2H3. The maximum Gasteiger partial charge on any atom is 0.0641 e. The molecule has 3 nitrogen and oxygen atoms in total. The van der Waals surface area contributed by atoms with E-state index in [9.17, 15) is 0 Å². The quantitative estimate of drug-likeness (QED) is 0.621. The van der Waals surface area contributed by atoms with Crippen LogP contribution in [0, 0.1) is 0 Å². The molecule has 0 fully saturated rings. The van der Waals surface area contributed by atoms with E-state index in [4.69, 9.17) is 9.47 Å². The zero-order valence-electron chi connectivity index (χ0n) is 9.03. The van der Waals surface area contributed by atoms with Gasteiger partial charge in [-0.25, -0.2) is 0 Å². The Morgan fingerprint density at radius 2 is 2.21 bits per heavy atom. The average Bonchev–Trinajstić information content (AvgIpc) is 2.63. The van der Waals surface area contributed by atoms with Crippen molar-refractivity contribution in [3.8, 4) is 0 Å². The molecular formula is C11H19NO2. The highest BCUT2D eigenvalue weighted by Crippen LogP contribution is 2.02. The van der Waals surface area contributed by atoms with Crippen LogP contribution >= 0.6 is 0 Å². The molecule has 1 rings (SSSR count). The predicted octanol–water partition coefficient (Wildman–Crippen LogP) is 1.71. The number of hydrogen-bond donors (Lipinski definition) is 0. The van der Waals surface area contributed by atoms with E-state index >= 15 is 0 Å². The SMILES string of the molecule is CCOCCc1ccn(CCOC)c1. The van der Waals surface area contributed by atoms with E-state index in [1.165, 1.54) is 5.56 Å². The molecular weight excluding hydrogens is 178 g/mol. The molecule has 0 aliphatic carbocycles. The van der Waals surface area contributed by atoms with E-state index in [2.05, 4.69) is 23.0 Å². The van der Waals surface area contributed by atoms with Gasteiger partial charge in [-0.15, -0.1) is 0 Å². The minimum atomic E-state index is 0.763. The number of rotatable bonds is 7. The second-order valence-corrected chi connectivity index (χ2v) is 3.20. The number of nitrogens with zero attached hydrogens (tertiary/aromatic N) is 1. The summed E-state index contributed by atoms with van der Waals surface area (Å²) in [4.78, 5) is 0. The van der Waals surface area contributed by atoms with Crippen molar-refractivity contribution < 1.29 is 9.47 Å². The first-order valence-electron chi connectivity index (χ1n) is 5.08. The highest BCUT2D eigenvalue weighted by atomic mass is 16.5. The molecule has 0 saturated heterocycles. The maximum absolute atomic E-state index is 5.29. The molecule has 0 aliphatic rings. The van der Waals surface area contributed by atoms with Crippen LogP contribution in [0.3, 0.4) is 0 Å². The van der Waals surface area contributed by atoms with E-state index in [1.54, 1.807) is 7.11 Å². The third kappa shape index (κ3) is 3.94. The summed E-state index contributed by atoms with van der Waals surface area (Å²) in [6, 6.07) is 2.13. The summed E-state index contributed by atoms with van der Waals surface area (Å²) in [6.45, 7) is 5.31.